The Kier molecular flexibility index (Phi) is 12.5. The minimum Gasteiger partial charge on any atom is -0.368 e. The number of thioether (sulfide) groups is 1. The fraction of sp³-hybridized carbons (Fsp3) is 0.600. The standard InChI is InChI=1S/C20H30N4O2S.2ClH/c25-19(15-17-16-27-14-9-21-17)22-8-4-7-20(26)24-12-10-23(11-13-24)18-5-2-1-3-6-18;;/h1-3,5-6,17,21H,4,7-16H2,(H,22,25);2*1H. The van der Waals surface area contributed by atoms with Crippen molar-refractivity contribution in [2.24, 2.45) is 0 Å². The first-order chi connectivity index (χ1) is 13.2. The zero-order valence-electron chi connectivity index (χ0n) is 16.7. The number of nitrogens with zero attached hydrogens (tertiary/aromatic N) is 2. The number of rotatable bonds is 7. The van der Waals surface area contributed by atoms with Crippen molar-refractivity contribution in [2.45, 2.75) is 25.3 Å². The van der Waals surface area contributed by atoms with Crippen LogP contribution in [-0.4, -0.2) is 73.5 Å². The molecule has 0 saturated carbocycles. The fourth-order valence-corrected chi connectivity index (χ4v) is 4.47. The molecule has 2 fully saturated rings. The van der Waals surface area contributed by atoms with E-state index in [1.54, 1.807) is 0 Å². The fourth-order valence-electron chi connectivity index (χ4n) is 3.53. The lowest BCUT2D eigenvalue weighted by atomic mass is 10.2. The number of hydrogen-bond acceptors (Lipinski definition) is 5. The maximum absolute atomic E-state index is 12.4. The first-order valence-corrected chi connectivity index (χ1v) is 11.0. The second kappa shape index (κ2) is 14.0. The molecule has 1 aromatic rings. The maximum Gasteiger partial charge on any atom is 0.222 e. The summed E-state index contributed by atoms with van der Waals surface area (Å²) in [5.74, 6) is 2.40. The molecular formula is C20H32Cl2N4O2S. The van der Waals surface area contributed by atoms with E-state index >= 15 is 0 Å². The van der Waals surface area contributed by atoms with E-state index in [1.807, 2.05) is 34.9 Å². The Morgan fingerprint density at radius 2 is 1.83 bits per heavy atom. The van der Waals surface area contributed by atoms with Crippen molar-refractivity contribution < 1.29 is 9.59 Å². The number of benzene rings is 1. The number of piperazine rings is 1. The van der Waals surface area contributed by atoms with Gasteiger partial charge in [-0.25, -0.2) is 0 Å². The number of para-hydroxylation sites is 1. The zero-order chi connectivity index (χ0) is 18.9. The summed E-state index contributed by atoms with van der Waals surface area (Å²) < 4.78 is 0. The van der Waals surface area contributed by atoms with Crippen molar-refractivity contribution >= 4 is 54.1 Å². The van der Waals surface area contributed by atoms with Gasteiger partial charge < -0.3 is 20.4 Å². The molecule has 2 aliphatic rings. The smallest absolute Gasteiger partial charge is 0.222 e. The Morgan fingerprint density at radius 3 is 2.48 bits per heavy atom. The van der Waals surface area contributed by atoms with E-state index < -0.39 is 0 Å². The number of anilines is 1. The molecule has 2 amide bonds. The Bertz CT molecular complexity index is 610. The molecule has 1 aromatic carbocycles. The summed E-state index contributed by atoms with van der Waals surface area (Å²) >= 11 is 1.90. The molecule has 164 valence electrons. The van der Waals surface area contributed by atoms with Gasteiger partial charge in [0, 0.05) is 75.3 Å². The summed E-state index contributed by atoms with van der Waals surface area (Å²) in [6.45, 7) is 4.84. The molecule has 0 spiro atoms. The molecule has 3 rings (SSSR count). The van der Waals surface area contributed by atoms with Crippen molar-refractivity contribution in [3.8, 4) is 0 Å². The SMILES string of the molecule is Cl.Cl.O=C(CC1CSCCN1)NCCCC(=O)N1CCN(c2ccccc2)CC1. The Labute approximate surface area is 190 Å². The van der Waals surface area contributed by atoms with Crippen molar-refractivity contribution in [3.63, 3.8) is 0 Å². The highest BCUT2D eigenvalue weighted by Crippen LogP contribution is 2.16. The number of hydrogen-bond donors (Lipinski definition) is 2. The molecule has 2 N–H and O–H groups in total. The zero-order valence-corrected chi connectivity index (χ0v) is 19.1. The Balaban J connectivity index is 0.00000210. The molecule has 0 radical (unpaired) electrons. The molecule has 0 aromatic heterocycles. The van der Waals surface area contributed by atoms with Gasteiger partial charge in [-0.3, -0.25) is 9.59 Å². The quantitative estimate of drug-likeness (QED) is 0.607. The van der Waals surface area contributed by atoms with E-state index in [0.717, 1.165) is 44.2 Å². The van der Waals surface area contributed by atoms with Gasteiger partial charge in [-0.05, 0) is 18.6 Å². The Morgan fingerprint density at radius 1 is 1.10 bits per heavy atom. The molecule has 2 aliphatic heterocycles. The largest absolute Gasteiger partial charge is 0.368 e. The molecule has 2 heterocycles. The van der Waals surface area contributed by atoms with Gasteiger partial charge in [-0.1, -0.05) is 18.2 Å². The lowest BCUT2D eigenvalue weighted by molar-refractivity contribution is -0.131. The van der Waals surface area contributed by atoms with Gasteiger partial charge >= 0.3 is 0 Å². The first kappa shape index (κ1) is 25.9. The predicted octanol–water partition coefficient (Wildman–Crippen LogP) is 2.17. The van der Waals surface area contributed by atoms with Gasteiger partial charge in [0.2, 0.25) is 11.8 Å². The topological polar surface area (TPSA) is 64.7 Å². The molecule has 6 nitrogen and oxygen atoms in total. The normalized spacial score (nSPS) is 19.0. The third-order valence-corrected chi connectivity index (χ3v) is 6.20. The molecule has 1 atom stereocenters. The molecule has 2 saturated heterocycles. The number of amides is 2. The van der Waals surface area contributed by atoms with E-state index in [1.165, 1.54) is 5.69 Å². The summed E-state index contributed by atoms with van der Waals surface area (Å²) in [7, 11) is 0. The minimum atomic E-state index is 0. The molecule has 0 aliphatic carbocycles. The third-order valence-electron chi connectivity index (χ3n) is 5.07. The number of carbonyl (C=O) groups is 2. The van der Waals surface area contributed by atoms with Gasteiger partial charge in [0.25, 0.3) is 0 Å². The van der Waals surface area contributed by atoms with Crippen LogP contribution < -0.4 is 15.5 Å². The second-order valence-electron chi connectivity index (χ2n) is 7.09. The van der Waals surface area contributed by atoms with Crippen molar-refractivity contribution in [1.82, 2.24) is 15.5 Å². The van der Waals surface area contributed by atoms with Gasteiger partial charge in [-0.15, -0.1) is 24.8 Å². The number of carbonyl (C=O) groups excluding carboxylic acids is 2. The summed E-state index contributed by atoms with van der Waals surface area (Å²) in [4.78, 5) is 28.6. The highest BCUT2D eigenvalue weighted by atomic mass is 35.5. The summed E-state index contributed by atoms with van der Waals surface area (Å²) in [6.07, 6.45) is 1.74. The van der Waals surface area contributed by atoms with Crippen LogP contribution in [0, 0.1) is 0 Å². The van der Waals surface area contributed by atoms with Gasteiger partial charge in [0.05, 0.1) is 0 Å². The van der Waals surface area contributed by atoms with Crippen molar-refractivity contribution in [3.05, 3.63) is 30.3 Å². The lowest BCUT2D eigenvalue weighted by Crippen LogP contribution is -2.48. The molecule has 9 heteroatoms. The Hall–Kier alpha value is -1.15. The van der Waals surface area contributed by atoms with E-state index in [9.17, 15) is 9.59 Å². The second-order valence-corrected chi connectivity index (χ2v) is 8.24. The van der Waals surface area contributed by atoms with Gasteiger partial charge in [-0.2, -0.15) is 11.8 Å². The lowest BCUT2D eigenvalue weighted by Gasteiger charge is -2.36. The van der Waals surface area contributed by atoms with Crippen molar-refractivity contribution in [2.75, 3.05) is 55.7 Å². The van der Waals surface area contributed by atoms with E-state index in [0.29, 0.717) is 25.8 Å². The van der Waals surface area contributed by atoms with E-state index in [-0.39, 0.29) is 42.7 Å². The monoisotopic (exact) mass is 462 g/mol. The van der Waals surface area contributed by atoms with Crippen LogP contribution in [0.5, 0.6) is 0 Å². The average molecular weight is 463 g/mol. The van der Waals surface area contributed by atoms with Crippen LogP contribution in [0.2, 0.25) is 0 Å². The number of nitrogens with one attached hydrogen (secondary N) is 2. The van der Waals surface area contributed by atoms with Crippen LogP contribution >= 0.6 is 36.6 Å². The van der Waals surface area contributed by atoms with Crippen LogP contribution in [0.15, 0.2) is 30.3 Å². The summed E-state index contributed by atoms with van der Waals surface area (Å²) in [5.41, 5.74) is 1.22. The maximum atomic E-state index is 12.4. The van der Waals surface area contributed by atoms with Crippen LogP contribution in [0.1, 0.15) is 19.3 Å². The molecule has 29 heavy (non-hydrogen) atoms. The van der Waals surface area contributed by atoms with E-state index in [4.69, 9.17) is 0 Å². The minimum absolute atomic E-state index is 0. The predicted molar refractivity (Wildman–Crippen MR) is 126 cm³/mol. The highest BCUT2D eigenvalue weighted by molar-refractivity contribution is 7.99. The van der Waals surface area contributed by atoms with Crippen molar-refractivity contribution in [1.29, 1.82) is 0 Å². The van der Waals surface area contributed by atoms with Gasteiger partial charge in [0.15, 0.2) is 0 Å². The third kappa shape index (κ3) is 8.62. The molecular weight excluding hydrogens is 431 g/mol. The average Bonchev–Trinajstić information content (AvgIpc) is 2.72. The highest BCUT2D eigenvalue weighted by Gasteiger charge is 2.21. The number of halogens is 2. The molecule has 1 unspecified atom stereocenters. The van der Waals surface area contributed by atoms with Crippen LogP contribution in [-0.2, 0) is 9.59 Å². The summed E-state index contributed by atoms with van der Waals surface area (Å²) in [6, 6.07) is 10.6. The van der Waals surface area contributed by atoms with Gasteiger partial charge in [0.1, 0.15) is 0 Å². The van der Waals surface area contributed by atoms with E-state index in [2.05, 4.69) is 27.7 Å². The first-order valence-electron chi connectivity index (χ1n) is 9.88. The summed E-state index contributed by atoms with van der Waals surface area (Å²) in [5, 5.41) is 6.32. The van der Waals surface area contributed by atoms with Crippen LogP contribution in [0.3, 0.4) is 0 Å². The molecule has 0 bridgehead atoms. The van der Waals surface area contributed by atoms with Crippen LogP contribution in [0.25, 0.3) is 0 Å². The van der Waals surface area contributed by atoms with Crippen LogP contribution in [0.4, 0.5) is 5.69 Å².